The first kappa shape index (κ1) is 24.3. The third-order valence-electron chi connectivity index (χ3n) is 5.82. The van der Waals surface area contributed by atoms with Crippen molar-refractivity contribution in [2.24, 2.45) is 5.92 Å². The maximum atomic E-state index is 3.77. The highest BCUT2D eigenvalue weighted by Crippen LogP contribution is 2.37. The van der Waals surface area contributed by atoms with Crippen LogP contribution >= 0.6 is 77.0 Å². The van der Waals surface area contributed by atoms with Crippen LogP contribution in [0.3, 0.4) is 0 Å². The molecule has 0 aliphatic rings. The third kappa shape index (κ3) is 5.92. The predicted molar refractivity (Wildman–Crippen MR) is 152 cm³/mol. The summed E-state index contributed by atoms with van der Waals surface area (Å²) >= 11 is 12.4. The Hall–Kier alpha value is 0.660. The van der Waals surface area contributed by atoms with Gasteiger partial charge in [0.1, 0.15) is 0 Å². The van der Waals surface area contributed by atoms with E-state index in [-0.39, 0.29) is 0 Å². The maximum Gasteiger partial charge on any atom is 0.0503 e. The van der Waals surface area contributed by atoms with E-state index in [2.05, 4.69) is 120 Å². The second kappa shape index (κ2) is 11.5. The summed E-state index contributed by atoms with van der Waals surface area (Å²) in [7, 11) is 0. The summed E-state index contributed by atoms with van der Waals surface area (Å²) in [6, 6.07) is 9.33. The molecule has 2 aromatic carbocycles. The second-order valence-electron chi connectivity index (χ2n) is 8.04. The van der Waals surface area contributed by atoms with Crippen molar-refractivity contribution in [2.75, 3.05) is 0 Å². The molecule has 5 heteroatoms. The number of halogens is 4. The molecular formula is C24H29Br2I2N. The largest absolute Gasteiger partial charge is 0.340 e. The lowest BCUT2D eigenvalue weighted by Crippen LogP contribution is -2.11. The SMILES string of the molecule is CCCCCCC(CCCC)Cn1c2cc(Br)c(I)cc2c2cc(I)c(Br)cc21. The van der Waals surface area contributed by atoms with Crippen LogP contribution in [-0.2, 0) is 6.54 Å². The molecule has 0 radical (unpaired) electrons. The standard InChI is InChI=1S/C24H29Br2I2N/c1-3-5-7-8-10-16(9-6-4-2)15-29-23-13-19(25)21(27)11-17(23)18-12-22(28)20(26)14-24(18)29/h11-14,16H,3-10,15H2,1-2H3. The lowest BCUT2D eigenvalue weighted by molar-refractivity contribution is 0.371. The molecule has 0 N–H and O–H groups in total. The molecule has 0 bridgehead atoms. The van der Waals surface area contributed by atoms with Gasteiger partial charge in [-0.15, -0.1) is 0 Å². The molecule has 29 heavy (non-hydrogen) atoms. The van der Waals surface area contributed by atoms with Gasteiger partial charge in [-0.2, -0.15) is 0 Å². The highest BCUT2D eigenvalue weighted by atomic mass is 127. The van der Waals surface area contributed by atoms with Crippen LogP contribution in [0.5, 0.6) is 0 Å². The van der Waals surface area contributed by atoms with Gasteiger partial charge < -0.3 is 4.57 Å². The van der Waals surface area contributed by atoms with Crippen molar-refractivity contribution in [2.45, 2.75) is 71.8 Å². The van der Waals surface area contributed by atoms with Crippen molar-refractivity contribution in [1.82, 2.24) is 4.57 Å². The van der Waals surface area contributed by atoms with E-state index in [0.717, 1.165) is 12.5 Å². The monoisotopic (exact) mass is 743 g/mol. The smallest absolute Gasteiger partial charge is 0.0503 e. The number of nitrogens with zero attached hydrogens (tertiary/aromatic N) is 1. The minimum Gasteiger partial charge on any atom is -0.340 e. The zero-order chi connectivity index (χ0) is 21.0. The van der Waals surface area contributed by atoms with E-state index in [1.54, 1.807) is 0 Å². The minimum atomic E-state index is 0.752. The van der Waals surface area contributed by atoms with Gasteiger partial charge in [-0.1, -0.05) is 52.4 Å². The molecule has 3 rings (SSSR count). The van der Waals surface area contributed by atoms with Crippen molar-refractivity contribution in [1.29, 1.82) is 0 Å². The topological polar surface area (TPSA) is 4.93 Å². The van der Waals surface area contributed by atoms with Crippen LogP contribution in [0.25, 0.3) is 21.8 Å². The zero-order valence-electron chi connectivity index (χ0n) is 17.2. The van der Waals surface area contributed by atoms with Crippen LogP contribution in [0.2, 0.25) is 0 Å². The Balaban J connectivity index is 2.04. The van der Waals surface area contributed by atoms with Gasteiger partial charge in [-0.3, -0.25) is 0 Å². The van der Waals surface area contributed by atoms with E-state index in [4.69, 9.17) is 0 Å². The number of hydrogen-bond acceptors (Lipinski definition) is 0. The number of hydrogen-bond donors (Lipinski definition) is 0. The van der Waals surface area contributed by atoms with Crippen LogP contribution in [-0.4, -0.2) is 4.57 Å². The maximum absolute atomic E-state index is 3.77. The second-order valence-corrected chi connectivity index (χ2v) is 12.1. The van der Waals surface area contributed by atoms with Gasteiger partial charge in [-0.25, -0.2) is 0 Å². The predicted octanol–water partition coefficient (Wildman–Crippen LogP) is 10.3. The fraction of sp³-hybridized carbons (Fsp3) is 0.500. The average molecular weight is 745 g/mol. The van der Waals surface area contributed by atoms with Crippen LogP contribution in [0.1, 0.15) is 65.2 Å². The molecule has 0 saturated carbocycles. The summed E-state index contributed by atoms with van der Waals surface area (Å²) in [4.78, 5) is 0. The first-order chi connectivity index (χ1) is 14.0. The Morgan fingerprint density at radius 2 is 1.28 bits per heavy atom. The van der Waals surface area contributed by atoms with E-state index < -0.39 is 0 Å². The Labute approximate surface area is 219 Å². The number of benzene rings is 2. The molecule has 1 atom stereocenters. The molecule has 0 fully saturated rings. The molecular weight excluding hydrogens is 716 g/mol. The molecule has 1 nitrogen and oxygen atoms in total. The van der Waals surface area contributed by atoms with Crippen molar-refractivity contribution < 1.29 is 0 Å². The average Bonchev–Trinajstić information content (AvgIpc) is 2.96. The van der Waals surface area contributed by atoms with E-state index >= 15 is 0 Å². The van der Waals surface area contributed by atoms with Gasteiger partial charge >= 0.3 is 0 Å². The van der Waals surface area contributed by atoms with Crippen LogP contribution in [0, 0.1) is 13.1 Å². The summed E-state index contributed by atoms with van der Waals surface area (Å²) in [6.45, 7) is 5.73. The lowest BCUT2D eigenvalue weighted by atomic mass is 9.95. The van der Waals surface area contributed by atoms with E-state index in [9.17, 15) is 0 Å². The fourth-order valence-electron chi connectivity index (χ4n) is 4.21. The molecule has 0 amide bonds. The molecule has 0 spiro atoms. The van der Waals surface area contributed by atoms with Gasteiger partial charge in [0.15, 0.2) is 0 Å². The molecule has 0 aliphatic carbocycles. The van der Waals surface area contributed by atoms with Crippen molar-refractivity contribution in [3.05, 3.63) is 40.4 Å². The summed E-state index contributed by atoms with van der Waals surface area (Å²) in [5, 5.41) is 2.75. The Bertz CT molecular complexity index is 915. The summed E-state index contributed by atoms with van der Waals surface area (Å²) in [5.74, 6) is 0.752. The highest BCUT2D eigenvalue weighted by molar-refractivity contribution is 14.1. The van der Waals surface area contributed by atoms with Gasteiger partial charge in [0.05, 0.1) is 11.0 Å². The molecule has 0 aliphatic heterocycles. The number of unbranched alkanes of at least 4 members (excludes halogenated alkanes) is 4. The fourth-order valence-corrected chi connectivity index (χ4v) is 5.81. The lowest BCUT2D eigenvalue weighted by Gasteiger charge is -2.19. The zero-order valence-corrected chi connectivity index (χ0v) is 24.7. The van der Waals surface area contributed by atoms with Crippen molar-refractivity contribution in [3.63, 3.8) is 0 Å². The Kier molecular flexibility index (Phi) is 9.64. The molecule has 158 valence electrons. The highest BCUT2D eigenvalue weighted by Gasteiger charge is 2.18. The Morgan fingerprint density at radius 3 is 1.79 bits per heavy atom. The minimum absolute atomic E-state index is 0.752. The third-order valence-corrected chi connectivity index (χ3v) is 10.4. The molecule has 3 aromatic rings. The number of aromatic nitrogens is 1. The summed E-state index contributed by atoms with van der Waals surface area (Å²) in [5.41, 5.74) is 2.72. The van der Waals surface area contributed by atoms with Crippen molar-refractivity contribution in [3.8, 4) is 0 Å². The van der Waals surface area contributed by atoms with Gasteiger partial charge in [0, 0.05) is 33.4 Å². The number of fused-ring (bicyclic) bond motifs is 3. The Morgan fingerprint density at radius 1 is 0.759 bits per heavy atom. The summed E-state index contributed by atoms with van der Waals surface area (Å²) < 4.78 is 7.52. The van der Waals surface area contributed by atoms with Crippen LogP contribution < -0.4 is 0 Å². The van der Waals surface area contributed by atoms with Gasteiger partial charge in [0.2, 0.25) is 0 Å². The summed E-state index contributed by atoms with van der Waals surface area (Å²) in [6.07, 6.45) is 10.7. The van der Waals surface area contributed by atoms with E-state index in [0.29, 0.717) is 0 Å². The quantitative estimate of drug-likeness (QED) is 0.144. The molecule has 1 unspecified atom stereocenters. The number of rotatable bonds is 10. The first-order valence-corrected chi connectivity index (χ1v) is 14.5. The van der Waals surface area contributed by atoms with E-state index in [1.807, 2.05) is 0 Å². The molecule has 0 saturated heterocycles. The van der Waals surface area contributed by atoms with Gasteiger partial charge in [0.25, 0.3) is 0 Å². The van der Waals surface area contributed by atoms with Crippen LogP contribution in [0.4, 0.5) is 0 Å². The molecule has 1 heterocycles. The van der Waals surface area contributed by atoms with Gasteiger partial charge in [-0.05, 0) is 120 Å². The van der Waals surface area contributed by atoms with Crippen LogP contribution in [0.15, 0.2) is 33.2 Å². The van der Waals surface area contributed by atoms with E-state index in [1.165, 1.54) is 89.3 Å². The molecule has 1 aromatic heterocycles. The normalized spacial score (nSPS) is 12.9. The van der Waals surface area contributed by atoms with Crippen molar-refractivity contribution >= 4 is 98.8 Å². The first-order valence-electron chi connectivity index (χ1n) is 10.7.